The molecule has 0 saturated carbocycles. The van der Waals surface area contributed by atoms with Crippen molar-refractivity contribution in [2.45, 2.75) is 33.0 Å². The Bertz CT molecular complexity index is 1520. The highest BCUT2D eigenvalue weighted by molar-refractivity contribution is 5.91. The van der Waals surface area contributed by atoms with E-state index in [0.29, 0.717) is 62.3 Å². The lowest BCUT2D eigenvalue weighted by atomic mass is 9.74. The Balaban J connectivity index is 1.68. The number of carbonyl (C=O) groups is 2. The smallest absolute Gasteiger partial charge is 0.338 e. The molecule has 0 amide bonds. The van der Waals surface area contributed by atoms with Crippen LogP contribution in [0.25, 0.3) is 11.1 Å². The summed E-state index contributed by atoms with van der Waals surface area (Å²) in [6.07, 6.45) is -1.57. The number of esters is 2. The molecule has 0 bridgehead atoms. The molecule has 0 unspecified atom stereocenters. The second kappa shape index (κ2) is 10.4. The molecule has 3 aliphatic rings. The molecule has 2 aliphatic heterocycles. The highest BCUT2D eigenvalue weighted by Gasteiger charge is 2.45. The van der Waals surface area contributed by atoms with Gasteiger partial charge in [0.05, 0.1) is 19.8 Å². The number of hydrogen-bond acceptors (Lipinski definition) is 10. The zero-order valence-corrected chi connectivity index (χ0v) is 23.3. The third kappa shape index (κ3) is 4.34. The Morgan fingerprint density at radius 2 is 1.22 bits per heavy atom. The normalized spacial score (nSPS) is 21.6. The Morgan fingerprint density at radius 3 is 1.68 bits per heavy atom. The van der Waals surface area contributed by atoms with Gasteiger partial charge in [0.1, 0.15) is 12.2 Å². The fourth-order valence-electron chi connectivity index (χ4n) is 5.81. The van der Waals surface area contributed by atoms with Gasteiger partial charge >= 0.3 is 11.9 Å². The second-order valence-electron chi connectivity index (χ2n) is 10.2. The van der Waals surface area contributed by atoms with Crippen molar-refractivity contribution in [2.75, 3.05) is 27.8 Å². The maximum Gasteiger partial charge on any atom is 0.338 e. The minimum Gasteiger partial charge on any atom is -0.492 e. The molecule has 10 heteroatoms. The first kappa shape index (κ1) is 26.6. The van der Waals surface area contributed by atoms with Crippen molar-refractivity contribution in [1.29, 1.82) is 0 Å². The minimum atomic E-state index is -0.808. The Hall–Kier alpha value is -4.60. The average molecular weight is 563 g/mol. The zero-order valence-electron chi connectivity index (χ0n) is 23.3. The quantitative estimate of drug-likeness (QED) is 0.364. The summed E-state index contributed by atoms with van der Waals surface area (Å²) in [5.41, 5.74) is 2.75. The third-order valence-electron chi connectivity index (χ3n) is 7.89. The van der Waals surface area contributed by atoms with Gasteiger partial charge < -0.3 is 37.9 Å². The SMILES string of the molecule is COc1c2c(cc3c1-c1c(cc4c(c1OC)OCO4)[C@H](OC(C)=O)[C@H](C)[C@H](C)[C@@H]3OC(=O)c1ccccc1)OCO2. The largest absolute Gasteiger partial charge is 0.492 e. The van der Waals surface area contributed by atoms with Crippen molar-refractivity contribution in [2.24, 2.45) is 11.8 Å². The lowest BCUT2D eigenvalue weighted by molar-refractivity contribution is -0.151. The van der Waals surface area contributed by atoms with E-state index in [4.69, 9.17) is 37.9 Å². The maximum absolute atomic E-state index is 13.5. The fourth-order valence-corrected chi connectivity index (χ4v) is 5.81. The Kier molecular flexibility index (Phi) is 6.76. The highest BCUT2D eigenvalue weighted by Crippen LogP contribution is 2.61. The molecule has 41 heavy (non-hydrogen) atoms. The van der Waals surface area contributed by atoms with Crippen molar-refractivity contribution in [3.63, 3.8) is 0 Å². The van der Waals surface area contributed by atoms with Crippen LogP contribution in [0.1, 0.15) is 54.5 Å². The van der Waals surface area contributed by atoms with Gasteiger partial charge in [0.25, 0.3) is 0 Å². The van der Waals surface area contributed by atoms with Gasteiger partial charge in [0, 0.05) is 41.0 Å². The van der Waals surface area contributed by atoms with Crippen molar-refractivity contribution >= 4 is 11.9 Å². The molecule has 0 saturated heterocycles. The van der Waals surface area contributed by atoms with Crippen molar-refractivity contribution in [1.82, 2.24) is 0 Å². The monoisotopic (exact) mass is 562 g/mol. The number of fused-ring (bicyclic) bond motifs is 5. The topological polar surface area (TPSA) is 108 Å². The summed E-state index contributed by atoms with van der Waals surface area (Å²) in [5.74, 6) is 0.797. The standard InChI is InChI=1S/C31H30O10/c1-15-16(2)26(41-31(33)18-9-7-6-8-10-18)20-12-22-28(39-14-37-22)30(35-5)24(20)23-19(25(15)40-17(3)32)11-21-27(29(23)34-4)38-13-36-21/h6-12,15-16,25-26H,13-14H2,1-5H3/t15-,16+,25-,26+/m1/s1. The third-order valence-corrected chi connectivity index (χ3v) is 7.89. The summed E-state index contributed by atoms with van der Waals surface area (Å²) < 4.78 is 47.4. The van der Waals surface area contributed by atoms with Gasteiger partial charge in [-0.1, -0.05) is 32.0 Å². The fraction of sp³-hybridized carbons (Fsp3) is 0.355. The first-order valence-electron chi connectivity index (χ1n) is 13.3. The van der Waals surface area contributed by atoms with Crippen LogP contribution in [0, 0.1) is 11.8 Å². The van der Waals surface area contributed by atoms with Gasteiger partial charge in [-0.05, 0) is 24.3 Å². The van der Waals surface area contributed by atoms with Crippen LogP contribution in [-0.2, 0) is 14.3 Å². The molecule has 0 radical (unpaired) electrons. The zero-order chi connectivity index (χ0) is 28.8. The number of rotatable bonds is 5. The second-order valence-corrected chi connectivity index (χ2v) is 10.2. The molecule has 0 fully saturated rings. The van der Waals surface area contributed by atoms with Crippen LogP contribution >= 0.6 is 0 Å². The molecule has 1 aliphatic carbocycles. The van der Waals surface area contributed by atoms with Crippen molar-refractivity contribution < 1.29 is 47.5 Å². The number of ether oxygens (including phenoxy) is 8. The van der Waals surface area contributed by atoms with Crippen molar-refractivity contribution in [3.8, 4) is 45.6 Å². The highest BCUT2D eigenvalue weighted by atomic mass is 16.7. The van der Waals surface area contributed by atoms with E-state index >= 15 is 0 Å². The van der Waals surface area contributed by atoms with Crippen LogP contribution in [-0.4, -0.2) is 39.7 Å². The molecular weight excluding hydrogens is 532 g/mol. The summed E-state index contributed by atoms with van der Waals surface area (Å²) in [4.78, 5) is 26.0. The van der Waals surface area contributed by atoms with Gasteiger partial charge in [-0.15, -0.1) is 0 Å². The summed E-state index contributed by atoms with van der Waals surface area (Å²) >= 11 is 0. The molecule has 2 heterocycles. The van der Waals surface area contributed by atoms with Crippen LogP contribution < -0.4 is 28.4 Å². The molecule has 6 rings (SSSR count). The van der Waals surface area contributed by atoms with Gasteiger partial charge in [-0.2, -0.15) is 0 Å². The lowest BCUT2D eigenvalue weighted by Gasteiger charge is -2.38. The number of hydrogen-bond donors (Lipinski definition) is 0. The van der Waals surface area contributed by atoms with Crippen LogP contribution in [0.15, 0.2) is 42.5 Å². The molecule has 0 aromatic heterocycles. The summed E-state index contributed by atoms with van der Waals surface area (Å²) in [6.45, 7) is 5.27. The lowest BCUT2D eigenvalue weighted by Crippen LogP contribution is -2.31. The summed E-state index contributed by atoms with van der Waals surface area (Å²) in [7, 11) is 3.05. The van der Waals surface area contributed by atoms with Gasteiger partial charge in [-0.3, -0.25) is 4.79 Å². The molecule has 3 aromatic rings. The van der Waals surface area contributed by atoms with Crippen molar-refractivity contribution in [3.05, 3.63) is 59.2 Å². The number of methoxy groups -OCH3 is 2. The first-order chi connectivity index (χ1) is 19.8. The van der Waals surface area contributed by atoms with Crippen LogP contribution in [0.2, 0.25) is 0 Å². The van der Waals surface area contributed by atoms with E-state index in [2.05, 4.69) is 0 Å². The van der Waals surface area contributed by atoms with Crippen LogP contribution in [0.5, 0.6) is 34.5 Å². The molecule has 0 spiro atoms. The van der Waals surface area contributed by atoms with E-state index in [1.807, 2.05) is 26.0 Å². The molecule has 10 nitrogen and oxygen atoms in total. The van der Waals surface area contributed by atoms with Gasteiger partial charge in [0.15, 0.2) is 23.0 Å². The van der Waals surface area contributed by atoms with E-state index in [1.54, 1.807) is 30.3 Å². The van der Waals surface area contributed by atoms with Crippen LogP contribution in [0.4, 0.5) is 0 Å². The molecule has 214 valence electrons. The minimum absolute atomic E-state index is 0.00121. The van der Waals surface area contributed by atoms with E-state index < -0.39 is 24.1 Å². The Labute approximate surface area is 237 Å². The maximum atomic E-state index is 13.5. The molecule has 4 atom stereocenters. The van der Waals surface area contributed by atoms with Gasteiger partial charge in [-0.25, -0.2) is 4.79 Å². The Morgan fingerprint density at radius 1 is 0.732 bits per heavy atom. The van der Waals surface area contributed by atoms with E-state index in [-0.39, 0.29) is 25.4 Å². The summed E-state index contributed by atoms with van der Waals surface area (Å²) in [6, 6.07) is 12.4. The first-order valence-corrected chi connectivity index (χ1v) is 13.3. The van der Waals surface area contributed by atoms with E-state index in [9.17, 15) is 9.59 Å². The molecule has 0 N–H and O–H groups in total. The predicted molar refractivity (Wildman–Crippen MR) is 145 cm³/mol. The van der Waals surface area contributed by atoms with E-state index in [0.717, 1.165) is 0 Å². The van der Waals surface area contributed by atoms with E-state index in [1.165, 1.54) is 21.1 Å². The number of benzene rings is 3. The molecule has 3 aromatic carbocycles. The van der Waals surface area contributed by atoms with Crippen LogP contribution in [0.3, 0.4) is 0 Å². The molecular formula is C31H30O10. The predicted octanol–water partition coefficient (Wildman–Crippen LogP) is 5.62. The van der Waals surface area contributed by atoms with Gasteiger partial charge in [0.2, 0.25) is 25.1 Å². The number of carbonyl (C=O) groups excluding carboxylic acids is 2. The summed E-state index contributed by atoms with van der Waals surface area (Å²) in [5, 5.41) is 0. The average Bonchev–Trinajstić information content (AvgIpc) is 3.65.